The fourth-order valence-electron chi connectivity index (χ4n) is 2.14. The largest absolute Gasteiger partial charge is 0.392 e. The van der Waals surface area contributed by atoms with Gasteiger partial charge in [-0.3, -0.25) is 4.79 Å². The van der Waals surface area contributed by atoms with E-state index in [1.165, 1.54) is 0 Å². The molecule has 0 spiro atoms. The lowest BCUT2D eigenvalue weighted by Gasteiger charge is -2.31. The van der Waals surface area contributed by atoms with Crippen LogP contribution in [0, 0.1) is 11.8 Å². The zero-order chi connectivity index (χ0) is 11.5. The van der Waals surface area contributed by atoms with Crippen LogP contribution in [0.15, 0.2) is 0 Å². The third-order valence-electron chi connectivity index (χ3n) is 2.87. The quantitative estimate of drug-likeness (QED) is 0.765. The summed E-state index contributed by atoms with van der Waals surface area (Å²) in [6.45, 7) is 2.10. The van der Waals surface area contributed by atoms with E-state index in [0.29, 0.717) is 25.8 Å². The highest BCUT2D eigenvalue weighted by Crippen LogP contribution is 2.41. The maximum absolute atomic E-state index is 12.6. The van der Waals surface area contributed by atoms with Crippen LogP contribution < -0.4 is 5.32 Å². The van der Waals surface area contributed by atoms with Crippen molar-refractivity contribution in [3.8, 4) is 0 Å². The maximum atomic E-state index is 12.6. The molecule has 5 heteroatoms. The van der Waals surface area contributed by atoms with Crippen LogP contribution in [0.4, 0.5) is 13.2 Å². The molecule has 0 saturated heterocycles. The summed E-state index contributed by atoms with van der Waals surface area (Å²) in [5, 5.41) is 2.48. The number of amides is 1. The summed E-state index contributed by atoms with van der Waals surface area (Å²) in [6, 6.07) is 0. The van der Waals surface area contributed by atoms with E-state index in [-0.39, 0.29) is 6.42 Å². The zero-order valence-corrected chi connectivity index (χ0v) is 8.73. The lowest BCUT2D eigenvalue weighted by molar-refractivity contribution is -0.198. The first-order valence-electron chi connectivity index (χ1n) is 5.31. The SMILES string of the molecule is CCNC(=O)C1CCCCC1C(F)(F)F. The Bertz CT molecular complexity index is 227. The Morgan fingerprint density at radius 1 is 1.33 bits per heavy atom. The fraction of sp³-hybridized carbons (Fsp3) is 0.900. The van der Waals surface area contributed by atoms with Crippen LogP contribution in [0.25, 0.3) is 0 Å². The Hall–Kier alpha value is -0.740. The van der Waals surface area contributed by atoms with Gasteiger partial charge in [0.15, 0.2) is 0 Å². The topological polar surface area (TPSA) is 29.1 Å². The van der Waals surface area contributed by atoms with Gasteiger partial charge in [-0.25, -0.2) is 0 Å². The van der Waals surface area contributed by atoms with Crippen LogP contribution in [-0.2, 0) is 4.79 Å². The third kappa shape index (κ3) is 3.11. The molecule has 0 aromatic heterocycles. The number of hydrogen-bond donors (Lipinski definition) is 1. The highest BCUT2D eigenvalue weighted by molar-refractivity contribution is 5.79. The van der Waals surface area contributed by atoms with Crippen LogP contribution >= 0.6 is 0 Å². The predicted molar refractivity (Wildman–Crippen MR) is 50.2 cm³/mol. The molecular formula is C10H16F3NO. The summed E-state index contributed by atoms with van der Waals surface area (Å²) >= 11 is 0. The normalized spacial score (nSPS) is 27.5. The number of alkyl halides is 3. The molecule has 2 atom stereocenters. The first-order valence-corrected chi connectivity index (χ1v) is 5.31. The molecule has 0 bridgehead atoms. The van der Waals surface area contributed by atoms with Crippen molar-refractivity contribution < 1.29 is 18.0 Å². The summed E-state index contributed by atoms with van der Waals surface area (Å²) in [5.41, 5.74) is 0. The van der Waals surface area contributed by atoms with Crippen molar-refractivity contribution in [2.45, 2.75) is 38.8 Å². The summed E-state index contributed by atoms with van der Waals surface area (Å²) < 4.78 is 37.8. The lowest BCUT2D eigenvalue weighted by atomic mass is 9.78. The van der Waals surface area contributed by atoms with Gasteiger partial charge in [0.2, 0.25) is 5.91 Å². The molecule has 2 nitrogen and oxygen atoms in total. The Labute approximate surface area is 87.2 Å². The Kier molecular flexibility index (Phi) is 3.99. The van der Waals surface area contributed by atoms with Gasteiger partial charge in [-0.2, -0.15) is 13.2 Å². The van der Waals surface area contributed by atoms with E-state index in [4.69, 9.17) is 0 Å². The summed E-state index contributed by atoms with van der Waals surface area (Å²) in [4.78, 5) is 11.4. The van der Waals surface area contributed by atoms with Crippen molar-refractivity contribution >= 4 is 5.91 Å². The molecule has 1 rings (SSSR count). The second kappa shape index (κ2) is 4.86. The van der Waals surface area contributed by atoms with Crippen molar-refractivity contribution in [3.05, 3.63) is 0 Å². The van der Waals surface area contributed by atoms with Gasteiger partial charge >= 0.3 is 6.18 Å². The second-order valence-electron chi connectivity index (χ2n) is 3.93. The maximum Gasteiger partial charge on any atom is 0.392 e. The average Bonchev–Trinajstić information content (AvgIpc) is 2.17. The Morgan fingerprint density at radius 3 is 2.47 bits per heavy atom. The molecule has 1 fully saturated rings. The minimum absolute atomic E-state index is 0.0886. The summed E-state index contributed by atoms with van der Waals surface area (Å²) in [7, 11) is 0. The first kappa shape index (κ1) is 12.3. The first-order chi connectivity index (χ1) is 6.96. The smallest absolute Gasteiger partial charge is 0.356 e. The number of nitrogens with one attached hydrogen (secondary N) is 1. The molecule has 88 valence electrons. The van der Waals surface area contributed by atoms with Crippen molar-refractivity contribution in [1.82, 2.24) is 5.32 Å². The van der Waals surface area contributed by atoms with E-state index in [0.717, 1.165) is 0 Å². The number of halogens is 3. The Morgan fingerprint density at radius 2 is 1.93 bits per heavy atom. The minimum atomic E-state index is -4.24. The van der Waals surface area contributed by atoms with E-state index in [9.17, 15) is 18.0 Å². The van der Waals surface area contributed by atoms with Gasteiger partial charge in [-0.1, -0.05) is 12.8 Å². The van der Waals surface area contributed by atoms with Crippen LogP contribution in [0.1, 0.15) is 32.6 Å². The molecule has 1 saturated carbocycles. The fourth-order valence-corrected chi connectivity index (χ4v) is 2.14. The lowest BCUT2D eigenvalue weighted by Crippen LogP contribution is -2.42. The summed E-state index contributed by atoms with van der Waals surface area (Å²) in [5.74, 6) is -2.77. The number of hydrogen-bond acceptors (Lipinski definition) is 1. The number of carbonyl (C=O) groups excluding carboxylic acids is 1. The van der Waals surface area contributed by atoms with E-state index >= 15 is 0 Å². The van der Waals surface area contributed by atoms with Crippen molar-refractivity contribution in [2.24, 2.45) is 11.8 Å². The molecule has 0 aromatic rings. The van der Waals surface area contributed by atoms with E-state index in [1.807, 2.05) is 0 Å². The van der Waals surface area contributed by atoms with E-state index in [1.54, 1.807) is 6.92 Å². The molecule has 0 aliphatic heterocycles. The zero-order valence-electron chi connectivity index (χ0n) is 8.73. The monoisotopic (exact) mass is 223 g/mol. The molecular weight excluding hydrogens is 207 g/mol. The molecule has 2 unspecified atom stereocenters. The van der Waals surface area contributed by atoms with Gasteiger partial charge in [0, 0.05) is 12.5 Å². The molecule has 1 aliphatic rings. The third-order valence-corrected chi connectivity index (χ3v) is 2.87. The molecule has 1 amide bonds. The van der Waals surface area contributed by atoms with Crippen molar-refractivity contribution in [1.29, 1.82) is 0 Å². The average molecular weight is 223 g/mol. The Balaban J connectivity index is 2.70. The van der Waals surface area contributed by atoms with Crippen LogP contribution in [0.5, 0.6) is 0 Å². The van der Waals surface area contributed by atoms with Crippen molar-refractivity contribution in [2.75, 3.05) is 6.54 Å². The van der Waals surface area contributed by atoms with Crippen LogP contribution in [0.2, 0.25) is 0 Å². The number of carbonyl (C=O) groups is 1. The summed E-state index contributed by atoms with van der Waals surface area (Å²) in [6.07, 6.45) is -2.51. The van der Waals surface area contributed by atoms with Gasteiger partial charge < -0.3 is 5.32 Å². The highest BCUT2D eigenvalue weighted by atomic mass is 19.4. The molecule has 0 radical (unpaired) electrons. The van der Waals surface area contributed by atoms with Gasteiger partial charge in [-0.15, -0.1) is 0 Å². The van der Waals surface area contributed by atoms with Gasteiger partial charge in [0.1, 0.15) is 0 Å². The number of rotatable bonds is 2. The van der Waals surface area contributed by atoms with E-state index in [2.05, 4.69) is 5.32 Å². The van der Waals surface area contributed by atoms with Gasteiger partial charge in [0.25, 0.3) is 0 Å². The second-order valence-corrected chi connectivity index (χ2v) is 3.93. The highest BCUT2D eigenvalue weighted by Gasteiger charge is 2.47. The van der Waals surface area contributed by atoms with Gasteiger partial charge in [-0.05, 0) is 19.8 Å². The van der Waals surface area contributed by atoms with Crippen LogP contribution in [-0.4, -0.2) is 18.6 Å². The standard InChI is InChI=1S/C10H16F3NO/c1-2-14-9(15)7-5-3-4-6-8(7)10(11,12)13/h7-8H,2-6H2,1H3,(H,14,15). The minimum Gasteiger partial charge on any atom is -0.356 e. The molecule has 1 N–H and O–H groups in total. The van der Waals surface area contributed by atoms with Crippen LogP contribution in [0.3, 0.4) is 0 Å². The van der Waals surface area contributed by atoms with Gasteiger partial charge in [0.05, 0.1) is 5.92 Å². The van der Waals surface area contributed by atoms with Crippen molar-refractivity contribution in [3.63, 3.8) is 0 Å². The van der Waals surface area contributed by atoms with E-state index < -0.39 is 23.9 Å². The molecule has 1 aliphatic carbocycles. The molecule has 0 heterocycles. The molecule has 0 aromatic carbocycles. The predicted octanol–water partition coefficient (Wildman–Crippen LogP) is 2.49. The molecule has 15 heavy (non-hydrogen) atoms.